The molecule has 7 nitrogen and oxygen atoms in total. The predicted octanol–water partition coefficient (Wildman–Crippen LogP) is 0.414. The van der Waals surface area contributed by atoms with E-state index in [1.165, 1.54) is 0 Å². The Kier molecular flexibility index (Phi) is 1.87. The van der Waals surface area contributed by atoms with E-state index in [0.717, 1.165) is 0 Å². The molecule has 1 saturated carbocycles. The lowest BCUT2D eigenvalue weighted by Crippen LogP contribution is -2.29. The van der Waals surface area contributed by atoms with E-state index in [-0.39, 0.29) is 10.8 Å². The minimum Gasteiger partial charge on any atom is -0.310 e. The molecule has 0 saturated heterocycles. The first kappa shape index (κ1) is 8.92. The van der Waals surface area contributed by atoms with E-state index < -0.39 is 23.2 Å². The predicted molar refractivity (Wildman–Crippen MR) is 43.4 cm³/mol. The van der Waals surface area contributed by atoms with E-state index in [2.05, 4.69) is 4.84 Å². The number of nitrogens with zero attached hydrogens (tertiary/aromatic N) is 2. The van der Waals surface area contributed by atoms with Crippen molar-refractivity contribution in [3.05, 3.63) is 32.4 Å². The van der Waals surface area contributed by atoms with Gasteiger partial charge in [-0.05, 0) is 6.42 Å². The van der Waals surface area contributed by atoms with Crippen molar-refractivity contribution in [3.8, 4) is 0 Å². The number of nitro groups is 1. The van der Waals surface area contributed by atoms with Crippen LogP contribution in [0.5, 0.6) is 0 Å². The molecule has 1 unspecified atom stereocenters. The minimum absolute atomic E-state index is 0.208. The molecule has 14 heavy (non-hydrogen) atoms. The first-order valence-electron chi connectivity index (χ1n) is 4.22. The Morgan fingerprint density at radius 1 is 1.29 bits per heavy atom. The van der Waals surface area contributed by atoms with Gasteiger partial charge in [0.2, 0.25) is 6.04 Å². The Balaban J connectivity index is 2.11. The zero-order chi connectivity index (χ0) is 10.3. The van der Waals surface area contributed by atoms with Gasteiger partial charge in [-0.2, -0.15) is 0 Å². The van der Waals surface area contributed by atoms with Gasteiger partial charge in [-0.25, -0.2) is 0 Å². The molecule has 0 radical (unpaired) electrons. The minimum atomic E-state index is -0.879. The summed E-state index contributed by atoms with van der Waals surface area (Å²) < 4.78 is 0. The lowest BCUT2D eigenvalue weighted by molar-refractivity contribution is -0.770. The van der Waals surface area contributed by atoms with Crippen molar-refractivity contribution in [1.29, 1.82) is 0 Å². The maximum absolute atomic E-state index is 10.6. The second-order valence-electron chi connectivity index (χ2n) is 3.51. The molecule has 0 amide bonds. The van der Waals surface area contributed by atoms with Gasteiger partial charge in [0.25, 0.3) is 5.09 Å². The Morgan fingerprint density at radius 3 is 2.50 bits per heavy atom. The van der Waals surface area contributed by atoms with Crippen LogP contribution in [0.4, 0.5) is 0 Å². The lowest BCUT2D eigenvalue weighted by Gasteiger charge is -2.13. The maximum atomic E-state index is 10.6. The Labute approximate surface area is 78.6 Å². The summed E-state index contributed by atoms with van der Waals surface area (Å²) in [6.45, 7) is 0. The molecule has 0 N–H and O–H groups in total. The summed E-state index contributed by atoms with van der Waals surface area (Å²) in [7, 11) is 0. The van der Waals surface area contributed by atoms with Crippen molar-refractivity contribution in [1.82, 2.24) is 0 Å². The summed E-state index contributed by atoms with van der Waals surface area (Å²) in [5, 5.41) is 19.9. The van der Waals surface area contributed by atoms with Crippen LogP contribution >= 0.6 is 0 Å². The molecule has 2 aliphatic carbocycles. The molecule has 0 aliphatic heterocycles. The highest BCUT2D eigenvalue weighted by atomic mass is 17.0. The average Bonchev–Trinajstić information content (AvgIpc) is 2.58. The third-order valence-corrected chi connectivity index (χ3v) is 2.81. The van der Waals surface area contributed by atoms with Crippen molar-refractivity contribution < 1.29 is 14.8 Å². The van der Waals surface area contributed by atoms with Gasteiger partial charge in [0, 0.05) is 10.8 Å². The molecular formula is C7H8N2O5. The molecule has 76 valence electrons. The average molecular weight is 200 g/mol. The number of hydrogen-bond donors (Lipinski definition) is 0. The Morgan fingerprint density at radius 2 is 2.00 bits per heavy atom. The van der Waals surface area contributed by atoms with Crippen LogP contribution in [-0.4, -0.2) is 22.2 Å². The molecule has 0 aromatic heterocycles. The molecule has 2 bridgehead atoms. The smallest absolute Gasteiger partial charge is 0.294 e. The van der Waals surface area contributed by atoms with Crippen molar-refractivity contribution >= 4 is 0 Å². The van der Waals surface area contributed by atoms with E-state index in [0.29, 0.717) is 6.42 Å². The molecule has 7 heteroatoms. The maximum Gasteiger partial charge on any atom is 0.294 e. The highest BCUT2D eigenvalue weighted by Crippen LogP contribution is 2.42. The Bertz CT molecular complexity index is 315. The number of rotatable bonds is 3. The zero-order valence-corrected chi connectivity index (χ0v) is 7.11. The monoisotopic (exact) mass is 200 g/mol. The molecule has 0 aromatic rings. The quantitative estimate of drug-likeness (QED) is 0.373. The zero-order valence-electron chi connectivity index (χ0n) is 7.11. The first-order valence-corrected chi connectivity index (χ1v) is 4.22. The van der Waals surface area contributed by atoms with Crippen molar-refractivity contribution in [3.63, 3.8) is 0 Å². The van der Waals surface area contributed by atoms with Crippen molar-refractivity contribution in [2.45, 2.75) is 18.6 Å². The number of fused-ring (bicyclic) bond motifs is 2. The fourth-order valence-electron chi connectivity index (χ4n) is 2.29. The van der Waals surface area contributed by atoms with Gasteiger partial charge in [0.1, 0.15) is 6.10 Å². The summed E-state index contributed by atoms with van der Waals surface area (Å²) in [6, 6.07) is -0.736. The van der Waals surface area contributed by atoms with Crippen LogP contribution in [0.2, 0.25) is 0 Å². The molecule has 1 fully saturated rings. The molecular weight excluding hydrogens is 192 g/mol. The second kappa shape index (κ2) is 2.93. The highest BCUT2D eigenvalue weighted by molar-refractivity contribution is 5.16. The molecule has 0 aromatic carbocycles. The summed E-state index contributed by atoms with van der Waals surface area (Å²) in [5.41, 5.74) is 0. The normalized spacial score (nSPS) is 38.6. The second-order valence-corrected chi connectivity index (χ2v) is 3.51. The summed E-state index contributed by atoms with van der Waals surface area (Å²) in [4.78, 5) is 24.7. The van der Waals surface area contributed by atoms with E-state index in [4.69, 9.17) is 0 Å². The van der Waals surface area contributed by atoms with Crippen LogP contribution < -0.4 is 0 Å². The van der Waals surface area contributed by atoms with Gasteiger partial charge in [0.15, 0.2) is 0 Å². The summed E-state index contributed by atoms with van der Waals surface area (Å²) in [6.07, 6.45) is 3.12. The third-order valence-electron chi connectivity index (χ3n) is 2.81. The van der Waals surface area contributed by atoms with Crippen LogP contribution in [-0.2, 0) is 4.84 Å². The van der Waals surface area contributed by atoms with Crippen LogP contribution in [0.25, 0.3) is 0 Å². The topological polar surface area (TPSA) is 95.5 Å². The largest absolute Gasteiger partial charge is 0.310 e. The van der Waals surface area contributed by atoms with E-state index >= 15 is 0 Å². The third kappa shape index (κ3) is 1.21. The van der Waals surface area contributed by atoms with E-state index in [1.807, 2.05) is 0 Å². The summed E-state index contributed by atoms with van der Waals surface area (Å²) in [5.74, 6) is -0.652. The van der Waals surface area contributed by atoms with Crippen molar-refractivity contribution in [2.75, 3.05) is 0 Å². The standard InChI is InChI=1S/C7H8N2O5/c10-8(11)7-4-1-2-5(7)6(3-4)14-9(12)13/h1-2,4-7H,3H2/t4-,5+,6-,7?/m1/s1. The van der Waals surface area contributed by atoms with Crippen LogP contribution in [0.15, 0.2) is 12.2 Å². The highest BCUT2D eigenvalue weighted by Gasteiger charge is 2.53. The fraction of sp³-hybridized carbons (Fsp3) is 0.714. The molecule has 0 heterocycles. The molecule has 2 aliphatic rings. The van der Waals surface area contributed by atoms with Crippen LogP contribution in [0.1, 0.15) is 6.42 Å². The van der Waals surface area contributed by atoms with E-state index in [9.17, 15) is 20.2 Å². The van der Waals surface area contributed by atoms with Crippen LogP contribution in [0.3, 0.4) is 0 Å². The molecule has 4 atom stereocenters. The van der Waals surface area contributed by atoms with Gasteiger partial charge < -0.3 is 4.84 Å². The van der Waals surface area contributed by atoms with Gasteiger partial charge >= 0.3 is 0 Å². The van der Waals surface area contributed by atoms with Crippen LogP contribution in [0, 0.1) is 32.1 Å². The van der Waals surface area contributed by atoms with Crippen molar-refractivity contribution in [2.24, 2.45) is 11.8 Å². The molecule has 2 rings (SSSR count). The van der Waals surface area contributed by atoms with Gasteiger partial charge in [-0.15, -0.1) is 10.1 Å². The van der Waals surface area contributed by atoms with Gasteiger partial charge in [-0.1, -0.05) is 12.2 Å². The SMILES string of the molecule is O=[N+]([O-])O[C@@H]1C[C@H]2C=C[C@@H]1C2[N+](=O)[O-]. The fourth-order valence-corrected chi connectivity index (χ4v) is 2.29. The summed E-state index contributed by atoms with van der Waals surface area (Å²) >= 11 is 0. The van der Waals surface area contributed by atoms with Gasteiger partial charge in [-0.3, -0.25) is 10.1 Å². The first-order chi connectivity index (χ1) is 6.59. The number of hydrogen-bond acceptors (Lipinski definition) is 5. The lowest BCUT2D eigenvalue weighted by atomic mass is 10.0. The van der Waals surface area contributed by atoms with E-state index in [1.54, 1.807) is 12.2 Å². The Hall–Kier alpha value is -1.66. The van der Waals surface area contributed by atoms with Gasteiger partial charge in [0.05, 0.1) is 5.92 Å². The molecule has 0 spiro atoms.